The van der Waals surface area contributed by atoms with Gasteiger partial charge in [0.05, 0.1) is 5.60 Å². The number of rotatable bonds is 1. The molecule has 3 aliphatic rings. The summed E-state index contributed by atoms with van der Waals surface area (Å²) >= 11 is 0. The topological polar surface area (TPSA) is 20.2 Å². The summed E-state index contributed by atoms with van der Waals surface area (Å²) in [6.07, 6.45) is 5.47. The lowest BCUT2D eigenvalue weighted by molar-refractivity contribution is -0.0266. The highest BCUT2D eigenvalue weighted by molar-refractivity contribution is 5.22. The van der Waals surface area contributed by atoms with E-state index in [4.69, 9.17) is 0 Å². The highest BCUT2D eigenvalue weighted by Gasteiger charge is 2.74. The van der Waals surface area contributed by atoms with Gasteiger partial charge in [0.25, 0.3) is 0 Å². The first kappa shape index (κ1) is 11.1. The Kier molecular flexibility index (Phi) is 2.11. The molecule has 0 aromatic carbocycles. The quantitative estimate of drug-likeness (QED) is 0.720. The van der Waals surface area contributed by atoms with Crippen LogP contribution in [0.4, 0.5) is 0 Å². The fraction of sp³-hybridized carbons (Fsp3) is 1.00. The molecule has 0 radical (unpaired) electrons. The van der Waals surface area contributed by atoms with Crippen LogP contribution in [0.3, 0.4) is 0 Å². The first-order valence-corrected chi connectivity index (χ1v) is 7.11. The van der Waals surface area contributed by atoms with Crippen LogP contribution in [0.2, 0.25) is 0 Å². The second-order valence-electron chi connectivity index (χ2n) is 7.42. The zero-order valence-corrected chi connectivity index (χ0v) is 11.2. The van der Waals surface area contributed by atoms with Gasteiger partial charge in [-0.15, -0.1) is 0 Å². The average molecular weight is 222 g/mol. The number of aliphatic hydroxyl groups is 1. The van der Waals surface area contributed by atoms with Gasteiger partial charge in [0.2, 0.25) is 0 Å². The predicted molar refractivity (Wildman–Crippen MR) is 66.0 cm³/mol. The van der Waals surface area contributed by atoms with Crippen molar-refractivity contribution < 1.29 is 5.11 Å². The van der Waals surface area contributed by atoms with E-state index in [1.54, 1.807) is 0 Å². The summed E-state index contributed by atoms with van der Waals surface area (Å²) in [5, 5.41) is 10.4. The highest BCUT2D eigenvalue weighted by Crippen LogP contribution is 2.79. The molecule has 3 rings (SSSR count). The van der Waals surface area contributed by atoms with E-state index in [9.17, 15) is 5.11 Å². The molecule has 0 aromatic heterocycles. The normalized spacial score (nSPS) is 55.7. The lowest BCUT2D eigenvalue weighted by atomic mass is 9.68. The Morgan fingerprint density at radius 1 is 1.06 bits per heavy atom. The monoisotopic (exact) mass is 222 g/mol. The van der Waals surface area contributed by atoms with Crippen molar-refractivity contribution in [3.05, 3.63) is 0 Å². The third-order valence-corrected chi connectivity index (χ3v) is 6.33. The van der Waals surface area contributed by atoms with Gasteiger partial charge in [-0.25, -0.2) is 0 Å². The van der Waals surface area contributed by atoms with Crippen molar-refractivity contribution in [3.63, 3.8) is 0 Å². The third-order valence-electron chi connectivity index (χ3n) is 6.33. The largest absolute Gasteiger partial charge is 0.390 e. The van der Waals surface area contributed by atoms with Gasteiger partial charge < -0.3 is 5.11 Å². The first-order chi connectivity index (χ1) is 7.39. The third kappa shape index (κ3) is 1.16. The standard InChI is InChI=1S/C15H26O/c1-9-7-8-15-10(2)5-6-11(14(3,4)16)13(15)12(9)15/h9-13,16H,5-8H2,1-4H3/t9-,10-,11-,12-,13-,15+/m0/s1. The van der Waals surface area contributed by atoms with Gasteiger partial charge in [-0.3, -0.25) is 0 Å². The van der Waals surface area contributed by atoms with Gasteiger partial charge in [0.1, 0.15) is 0 Å². The van der Waals surface area contributed by atoms with Gasteiger partial charge in [-0.05, 0) is 74.5 Å². The summed E-state index contributed by atoms with van der Waals surface area (Å²) in [6, 6.07) is 0. The van der Waals surface area contributed by atoms with Gasteiger partial charge in [0, 0.05) is 0 Å². The molecule has 0 aliphatic heterocycles. The summed E-state index contributed by atoms with van der Waals surface area (Å²) < 4.78 is 0. The molecule has 16 heavy (non-hydrogen) atoms. The predicted octanol–water partition coefficient (Wildman–Crippen LogP) is 3.47. The zero-order valence-electron chi connectivity index (χ0n) is 11.2. The molecule has 3 aliphatic carbocycles. The number of hydrogen-bond donors (Lipinski definition) is 1. The van der Waals surface area contributed by atoms with Gasteiger partial charge >= 0.3 is 0 Å². The second-order valence-corrected chi connectivity index (χ2v) is 7.42. The van der Waals surface area contributed by atoms with Crippen molar-refractivity contribution in [1.29, 1.82) is 0 Å². The molecule has 0 amide bonds. The first-order valence-electron chi connectivity index (χ1n) is 7.11. The van der Waals surface area contributed by atoms with E-state index in [1.807, 2.05) is 13.8 Å². The molecule has 0 bridgehead atoms. The van der Waals surface area contributed by atoms with Crippen LogP contribution >= 0.6 is 0 Å². The summed E-state index contributed by atoms with van der Waals surface area (Å²) in [7, 11) is 0. The van der Waals surface area contributed by atoms with Crippen molar-refractivity contribution >= 4 is 0 Å². The smallest absolute Gasteiger partial charge is 0.0622 e. The minimum atomic E-state index is -0.456. The second kappa shape index (κ2) is 3.04. The summed E-state index contributed by atoms with van der Waals surface area (Å²) in [5.41, 5.74) is 0.199. The van der Waals surface area contributed by atoms with Crippen molar-refractivity contribution in [2.75, 3.05) is 0 Å². The maximum Gasteiger partial charge on any atom is 0.0622 e. The molecule has 1 N–H and O–H groups in total. The molecule has 3 fully saturated rings. The molecule has 0 saturated heterocycles. The molecule has 1 spiro atoms. The highest BCUT2D eigenvalue weighted by atomic mass is 16.3. The van der Waals surface area contributed by atoms with Crippen molar-refractivity contribution in [3.8, 4) is 0 Å². The van der Waals surface area contributed by atoms with E-state index in [1.165, 1.54) is 25.7 Å². The molecule has 1 nitrogen and oxygen atoms in total. The van der Waals surface area contributed by atoms with Crippen LogP contribution in [0.1, 0.15) is 53.4 Å². The van der Waals surface area contributed by atoms with Crippen LogP contribution in [0.25, 0.3) is 0 Å². The number of hydrogen-bond acceptors (Lipinski definition) is 1. The Bertz CT molecular complexity index is 303. The van der Waals surface area contributed by atoms with Gasteiger partial charge in [-0.1, -0.05) is 13.8 Å². The van der Waals surface area contributed by atoms with Gasteiger partial charge in [-0.2, -0.15) is 0 Å². The molecule has 0 aromatic rings. The van der Waals surface area contributed by atoms with Crippen LogP contribution in [0, 0.1) is 35.0 Å². The van der Waals surface area contributed by atoms with E-state index >= 15 is 0 Å². The van der Waals surface area contributed by atoms with E-state index in [0.717, 1.165) is 23.7 Å². The van der Waals surface area contributed by atoms with Crippen LogP contribution in [0.5, 0.6) is 0 Å². The van der Waals surface area contributed by atoms with E-state index < -0.39 is 5.60 Å². The van der Waals surface area contributed by atoms with E-state index in [0.29, 0.717) is 11.3 Å². The Hall–Kier alpha value is -0.0400. The van der Waals surface area contributed by atoms with Crippen LogP contribution in [0.15, 0.2) is 0 Å². The molecule has 1 heteroatoms. The van der Waals surface area contributed by atoms with Crippen LogP contribution in [-0.2, 0) is 0 Å². The van der Waals surface area contributed by atoms with Crippen LogP contribution in [-0.4, -0.2) is 10.7 Å². The lowest BCUT2D eigenvalue weighted by Gasteiger charge is -2.39. The van der Waals surface area contributed by atoms with E-state index in [-0.39, 0.29) is 0 Å². The molecule has 3 saturated carbocycles. The minimum absolute atomic E-state index is 0.456. The molecular formula is C15H26O. The van der Waals surface area contributed by atoms with Crippen molar-refractivity contribution in [2.24, 2.45) is 35.0 Å². The molecular weight excluding hydrogens is 196 g/mol. The van der Waals surface area contributed by atoms with Gasteiger partial charge in [0.15, 0.2) is 0 Å². The maximum atomic E-state index is 10.4. The Labute approximate surface area is 99.6 Å². The summed E-state index contributed by atoms with van der Waals surface area (Å²) in [6.45, 7) is 8.96. The minimum Gasteiger partial charge on any atom is -0.390 e. The lowest BCUT2D eigenvalue weighted by Crippen LogP contribution is -2.38. The Morgan fingerprint density at radius 2 is 1.75 bits per heavy atom. The van der Waals surface area contributed by atoms with E-state index in [2.05, 4.69) is 13.8 Å². The summed E-state index contributed by atoms with van der Waals surface area (Å²) in [4.78, 5) is 0. The van der Waals surface area contributed by atoms with Crippen LogP contribution < -0.4 is 0 Å². The molecule has 6 atom stereocenters. The van der Waals surface area contributed by atoms with Crippen molar-refractivity contribution in [1.82, 2.24) is 0 Å². The Balaban J connectivity index is 1.90. The summed E-state index contributed by atoms with van der Waals surface area (Å²) in [5.74, 6) is 4.18. The SMILES string of the molecule is C[C@H]1CC[C@@]23[C@@H]1[C@@H]2[C@@H](C(C)(C)O)CC[C@@H]3C. The van der Waals surface area contributed by atoms with Crippen molar-refractivity contribution in [2.45, 2.75) is 59.0 Å². The fourth-order valence-corrected chi connectivity index (χ4v) is 5.59. The number of fused-ring (bicyclic) bond motifs is 1. The zero-order chi connectivity index (χ0) is 11.7. The average Bonchev–Trinajstić information content (AvgIpc) is 2.73. The Morgan fingerprint density at radius 3 is 2.38 bits per heavy atom. The fourth-order valence-electron chi connectivity index (χ4n) is 5.59. The maximum absolute atomic E-state index is 10.4. The molecule has 92 valence electrons. The molecule has 0 heterocycles. The molecule has 0 unspecified atom stereocenters.